The number of hydrogen-bond donors (Lipinski definition) is 2. The molecule has 3 heterocycles. The number of hydrogen-bond acceptors (Lipinski definition) is 9. The molecule has 0 aromatic carbocycles. The molecule has 0 aliphatic carbocycles. The summed E-state index contributed by atoms with van der Waals surface area (Å²) in [7, 11) is 0. The van der Waals surface area contributed by atoms with Gasteiger partial charge in [0.15, 0.2) is 12.6 Å². The van der Waals surface area contributed by atoms with E-state index in [0.29, 0.717) is 31.3 Å². The summed E-state index contributed by atoms with van der Waals surface area (Å²) in [5.74, 6) is 0. The number of rotatable bonds is 8. The van der Waals surface area contributed by atoms with Crippen molar-refractivity contribution in [1.82, 2.24) is 5.16 Å². The van der Waals surface area contributed by atoms with E-state index in [1.807, 2.05) is 0 Å². The van der Waals surface area contributed by atoms with Gasteiger partial charge in [-0.15, -0.1) is 0 Å². The van der Waals surface area contributed by atoms with Gasteiger partial charge in [-0.1, -0.05) is 0 Å². The Kier molecular flexibility index (Phi) is 6.28. The molecule has 0 amide bonds. The van der Waals surface area contributed by atoms with Gasteiger partial charge in [-0.05, 0) is 32.6 Å². The lowest BCUT2D eigenvalue weighted by Gasteiger charge is -2.33. The SMILES string of the molecule is CC(C)(c1no[n+]([O-])c1C(C)(C)[C@@H](O)CC1OCCO1)[C@@H](O)CC1OCCO1. The summed E-state index contributed by atoms with van der Waals surface area (Å²) < 4.78 is 26.5. The van der Waals surface area contributed by atoms with Crippen molar-refractivity contribution < 1.29 is 38.7 Å². The lowest BCUT2D eigenvalue weighted by Crippen LogP contribution is -2.48. The summed E-state index contributed by atoms with van der Waals surface area (Å²) in [6.45, 7) is 8.89. The molecule has 1 aromatic heterocycles. The lowest BCUT2D eigenvalue weighted by molar-refractivity contribution is -0.810. The van der Waals surface area contributed by atoms with E-state index >= 15 is 0 Å². The highest BCUT2D eigenvalue weighted by molar-refractivity contribution is 5.25. The Balaban J connectivity index is 1.82. The normalized spacial score (nSPS) is 22.1. The molecule has 0 bridgehead atoms. The van der Waals surface area contributed by atoms with Crippen molar-refractivity contribution in [2.24, 2.45) is 0 Å². The van der Waals surface area contributed by atoms with E-state index in [1.165, 1.54) is 0 Å². The first-order valence-electron chi connectivity index (χ1n) is 9.57. The first-order chi connectivity index (χ1) is 13.1. The van der Waals surface area contributed by atoms with Crippen LogP contribution in [0.1, 0.15) is 51.9 Å². The first-order valence-corrected chi connectivity index (χ1v) is 9.57. The summed E-state index contributed by atoms with van der Waals surface area (Å²) >= 11 is 0. The zero-order chi connectivity index (χ0) is 20.5. The van der Waals surface area contributed by atoms with Gasteiger partial charge < -0.3 is 34.4 Å². The van der Waals surface area contributed by atoms with Crippen LogP contribution in [0.3, 0.4) is 0 Å². The second-order valence-corrected chi connectivity index (χ2v) is 8.42. The van der Waals surface area contributed by atoms with Gasteiger partial charge in [0.1, 0.15) is 0 Å². The van der Waals surface area contributed by atoms with Crippen molar-refractivity contribution in [3.8, 4) is 0 Å². The minimum atomic E-state index is -1.02. The predicted molar refractivity (Wildman–Crippen MR) is 94.1 cm³/mol. The molecule has 3 rings (SSSR count). The fourth-order valence-electron chi connectivity index (χ4n) is 3.57. The van der Waals surface area contributed by atoms with Crippen molar-refractivity contribution in [1.29, 1.82) is 0 Å². The molecule has 160 valence electrons. The summed E-state index contributed by atoms with van der Waals surface area (Å²) in [5, 5.41) is 38.0. The van der Waals surface area contributed by atoms with E-state index in [1.54, 1.807) is 27.7 Å². The van der Waals surface area contributed by atoms with Crippen molar-refractivity contribution in [3.05, 3.63) is 16.6 Å². The maximum absolute atomic E-state index is 12.4. The minimum Gasteiger partial charge on any atom is -0.392 e. The van der Waals surface area contributed by atoms with Gasteiger partial charge in [0, 0.05) is 18.0 Å². The molecule has 10 heteroatoms. The number of aliphatic hydroxyl groups excluding tert-OH is 2. The molecule has 0 radical (unpaired) electrons. The molecule has 2 aliphatic heterocycles. The van der Waals surface area contributed by atoms with E-state index < -0.39 is 35.6 Å². The maximum atomic E-state index is 12.4. The maximum Gasteiger partial charge on any atom is 0.230 e. The van der Waals surface area contributed by atoms with Gasteiger partial charge in [0.2, 0.25) is 11.4 Å². The Morgan fingerprint density at radius 3 is 1.82 bits per heavy atom. The van der Waals surface area contributed by atoms with Crippen LogP contribution < -0.4 is 4.90 Å². The highest BCUT2D eigenvalue weighted by Crippen LogP contribution is 2.38. The Labute approximate surface area is 163 Å². The van der Waals surface area contributed by atoms with Crippen LogP contribution in [0, 0.1) is 5.21 Å². The highest BCUT2D eigenvalue weighted by Gasteiger charge is 2.49. The van der Waals surface area contributed by atoms with Gasteiger partial charge in [-0.2, -0.15) is 0 Å². The van der Waals surface area contributed by atoms with Crippen LogP contribution in [0.5, 0.6) is 0 Å². The van der Waals surface area contributed by atoms with Crippen LogP contribution in [-0.2, 0) is 29.8 Å². The van der Waals surface area contributed by atoms with E-state index in [0.717, 1.165) is 0 Å². The van der Waals surface area contributed by atoms with Crippen LogP contribution in [-0.4, -0.2) is 66.6 Å². The third-order valence-electron chi connectivity index (χ3n) is 5.71. The topological polar surface area (TPSA) is 130 Å². The van der Waals surface area contributed by atoms with Crippen LogP contribution in [0.15, 0.2) is 4.63 Å². The Bertz CT molecular complexity index is 650. The molecule has 0 spiro atoms. The predicted octanol–water partition coefficient (Wildman–Crippen LogP) is 0.111. The molecule has 28 heavy (non-hydrogen) atoms. The average Bonchev–Trinajstić information content (AvgIpc) is 3.36. The van der Waals surface area contributed by atoms with Crippen molar-refractivity contribution in [3.63, 3.8) is 0 Å². The fourth-order valence-corrected chi connectivity index (χ4v) is 3.57. The molecule has 2 fully saturated rings. The molecule has 0 unspecified atom stereocenters. The average molecular weight is 402 g/mol. The van der Waals surface area contributed by atoms with Gasteiger partial charge in [-0.25, -0.2) is 0 Å². The van der Waals surface area contributed by atoms with E-state index in [2.05, 4.69) is 5.16 Å². The van der Waals surface area contributed by atoms with Crippen molar-refractivity contribution >= 4 is 0 Å². The summed E-state index contributed by atoms with van der Waals surface area (Å²) in [5.41, 5.74) is -1.52. The zero-order valence-electron chi connectivity index (χ0n) is 16.8. The third-order valence-corrected chi connectivity index (χ3v) is 5.71. The number of aromatic nitrogens is 2. The first kappa shape index (κ1) is 21.4. The molecule has 2 aliphatic rings. The van der Waals surface area contributed by atoms with E-state index in [4.69, 9.17) is 23.6 Å². The molecular formula is C18H30N2O8. The summed E-state index contributed by atoms with van der Waals surface area (Å²) in [6, 6.07) is 0. The van der Waals surface area contributed by atoms with Crippen LogP contribution in [0.4, 0.5) is 0 Å². The van der Waals surface area contributed by atoms with Crippen LogP contribution >= 0.6 is 0 Å². The highest BCUT2D eigenvalue weighted by atomic mass is 16.8. The second kappa shape index (κ2) is 8.21. The van der Waals surface area contributed by atoms with E-state index in [-0.39, 0.29) is 24.2 Å². The molecular weight excluding hydrogens is 372 g/mol. The van der Waals surface area contributed by atoms with Gasteiger partial charge >= 0.3 is 0 Å². The largest absolute Gasteiger partial charge is 0.392 e. The molecule has 2 atom stereocenters. The number of nitrogens with zero attached hydrogens (tertiary/aromatic N) is 2. The molecule has 10 nitrogen and oxygen atoms in total. The Morgan fingerprint density at radius 2 is 1.36 bits per heavy atom. The second-order valence-electron chi connectivity index (χ2n) is 8.42. The summed E-state index contributed by atoms with van der Waals surface area (Å²) in [4.78, 5) is 0.298. The lowest BCUT2D eigenvalue weighted by atomic mass is 9.73. The Hall–Kier alpha value is -1.30. The number of aliphatic hydroxyl groups is 2. The molecule has 0 saturated carbocycles. The quantitative estimate of drug-likeness (QED) is 0.582. The smallest absolute Gasteiger partial charge is 0.230 e. The fraction of sp³-hybridized carbons (Fsp3) is 0.889. The molecule has 1 aromatic rings. The van der Waals surface area contributed by atoms with Gasteiger partial charge in [0.25, 0.3) is 0 Å². The van der Waals surface area contributed by atoms with Crippen LogP contribution in [0.25, 0.3) is 0 Å². The third kappa shape index (κ3) is 4.17. The van der Waals surface area contributed by atoms with Crippen LogP contribution in [0.2, 0.25) is 0 Å². The minimum absolute atomic E-state index is 0.162. The van der Waals surface area contributed by atoms with Gasteiger partial charge in [0.05, 0.1) is 49.5 Å². The van der Waals surface area contributed by atoms with Crippen molar-refractivity contribution in [2.45, 2.75) is 76.2 Å². The molecule has 2 N–H and O–H groups in total. The number of ether oxygens (including phenoxy) is 4. The monoisotopic (exact) mass is 402 g/mol. The van der Waals surface area contributed by atoms with Crippen molar-refractivity contribution in [2.75, 3.05) is 26.4 Å². The van der Waals surface area contributed by atoms with E-state index in [9.17, 15) is 15.4 Å². The zero-order valence-corrected chi connectivity index (χ0v) is 16.8. The van der Waals surface area contributed by atoms with Gasteiger partial charge in [-0.3, -0.25) is 4.63 Å². The molecule has 2 saturated heterocycles. The summed E-state index contributed by atoms with van der Waals surface area (Å²) in [6.07, 6.45) is -2.46. The Morgan fingerprint density at radius 1 is 0.929 bits per heavy atom. The standard InChI is InChI=1S/C18H30N2O8/c1-17(2,11(21)9-13-24-5-6-25-13)15-16(20(23)28-19-15)18(3,4)12(22)10-14-26-7-8-27-14/h11-14,21-22H,5-10H2,1-4H3/t11-,12-/m0/s1.